The minimum Gasteiger partial charge on any atom is -0.126 e. The van der Waals surface area contributed by atoms with Crippen LogP contribution in [0.4, 0.5) is 0 Å². The van der Waals surface area contributed by atoms with Gasteiger partial charge in [-0.2, -0.15) is 0 Å². The van der Waals surface area contributed by atoms with Crippen LogP contribution in [0.3, 0.4) is 0 Å². The lowest BCUT2D eigenvalue weighted by Gasteiger charge is -2.35. The summed E-state index contributed by atoms with van der Waals surface area (Å²) >= 11 is 0. The molecule has 0 aliphatic carbocycles. The van der Waals surface area contributed by atoms with E-state index >= 15 is 0 Å². The molecule has 1 heteroatoms. The molecule has 0 saturated carbocycles. The van der Waals surface area contributed by atoms with Crippen LogP contribution in [0.15, 0.2) is 91.0 Å². The molecule has 110 valence electrons. The van der Waals surface area contributed by atoms with Gasteiger partial charge in [-0.25, -0.2) is 0 Å². The molecule has 3 rings (SSSR count). The van der Waals surface area contributed by atoms with E-state index in [-0.39, 0.29) is 5.16 Å². The van der Waals surface area contributed by atoms with Gasteiger partial charge >= 0.3 is 0 Å². The van der Waals surface area contributed by atoms with Crippen LogP contribution >= 0.6 is 9.24 Å². The van der Waals surface area contributed by atoms with E-state index in [0.717, 1.165) is 0 Å². The first kappa shape index (κ1) is 15.0. The van der Waals surface area contributed by atoms with Gasteiger partial charge in [0.2, 0.25) is 0 Å². The van der Waals surface area contributed by atoms with Gasteiger partial charge in [0, 0.05) is 11.1 Å². The molecule has 3 aromatic carbocycles. The van der Waals surface area contributed by atoms with Crippen molar-refractivity contribution in [1.82, 2.24) is 0 Å². The summed E-state index contributed by atoms with van der Waals surface area (Å²) < 4.78 is 0. The topological polar surface area (TPSA) is 0 Å². The Kier molecular flexibility index (Phi) is 4.41. The standard InChI is InChI=1S/C21H21P/c1-21(22,19-15-9-4-10-16-19)20(17-11-5-2-6-12-17)18-13-7-3-8-14-18/h2-16,20H,22H2,1H3. The molecule has 0 aliphatic rings. The Hall–Kier alpha value is -1.91. The van der Waals surface area contributed by atoms with Crippen molar-refractivity contribution in [3.63, 3.8) is 0 Å². The van der Waals surface area contributed by atoms with Crippen molar-refractivity contribution in [2.45, 2.75) is 18.0 Å². The van der Waals surface area contributed by atoms with Gasteiger partial charge in [0.15, 0.2) is 0 Å². The van der Waals surface area contributed by atoms with Crippen molar-refractivity contribution in [1.29, 1.82) is 0 Å². The highest BCUT2D eigenvalue weighted by Gasteiger charge is 2.33. The first-order chi connectivity index (χ1) is 10.7. The van der Waals surface area contributed by atoms with Crippen molar-refractivity contribution >= 4 is 9.24 Å². The third-order valence-electron chi connectivity index (χ3n) is 4.26. The van der Waals surface area contributed by atoms with Crippen LogP contribution in [0.25, 0.3) is 0 Å². The zero-order valence-electron chi connectivity index (χ0n) is 12.8. The molecular weight excluding hydrogens is 283 g/mol. The van der Waals surface area contributed by atoms with Crippen LogP contribution in [-0.4, -0.2) is 0 Å². The zero-order chi connectivity index (χ0) is 15.4. The Balaban J connectivity index is 2.14. The summed E-state index contributed by atoms with van der Waals surface area (Å²) in [6, 6.07) is 32.3. The minimum absolute atomic E-state index is 0.0655. The molecule has 2 unspecified atom stereocenters. The maximum absolute atomic E-state index is 3.09. The van der Waals surface area contributed by atoms with E-state index in [1.54, 1.807) is 0 Å². The number of benzene rings is 3. The molecule has 0 saturated heterocycles. The molecule has 0 fully saturated rings. The van der Waals surface area contributed by atoms with Crippen LogP contribution in [0, 0.1) is 0 Å². The highest BCUT2D eigenvalue weighted by atomic mass is 31.0. The normalized spacial score (nSPS) is 13.8. The number of hydrogen-bond acceptors (Lipinski definition) is 0. The first-order valence-corrected chi connectivity index (χ1v) is 8.21. The molecule has 0 amide bonds. The molecule has 0 bridgehead atoms. The predicted octanol–water partition coefficient (Wildman–Crippen LogP) is 5.61. The summed E-state index contributed by atoms with van der Waals surface area (Å²) in [6.07, 6.45) is 0. The second-order valence-electron chi connectivity index (χ2n) is 5.90. The lowest BCUT2D eigenvalue weighted by Crippen LogP contribution is -2.24. The van der Waals surface area contributed by atoms with Gasteiger partial charge in [-0.1, -0.05) is 97.9 Å². The average molecular weight is 304 g/mol. The van der Waals surface area contributed by atoms with Gasteiger partial charge in [0.1, 0.15) is 0 Å². The Bertz CT molecular complexity index is 663. The minimum atomic E-state index is -0.0655. The van der Waals surface area contributed by atoms with Gasteiger partial charge in [-0.15, -0.1) is 9.24 Å². The van der Waals surface area contributed by atoms with Gasteiger partial charge in [-0.3, -0.25) is 0 Å². The molecule has 22 heavy (non-hydrogen) atoms. The molecular formula is C21H21P. The summed E-state index contributed by atoms with van der Waals surface area (Å²) in [5.41, 5.74) is 4.02. The highest BCUT2D eigenvalue weighted by molar-refractivity contribution is 7.18. The van der Waals surface area contributed by atoms with Gasteiger partial charge < -0.3 is 0 Å². The van der Waals surface area contributed by atoms with E-state index < -0.39 is 0 Å². The van der Waals surface area contributed by atoms with Crippen LogP contribution in [0.1, 0.15) is 29.5 Å². The molecule has 3 aromatic rings. The Labute approximate surface area is 135 Å². The number of hydrogen-bond donors (Lipinski definition) is 0. The van der Waals surface area contributed by atoms with E-state index in [2.05, 4.69) is 107 Å². The summed E-state index contributed by atoms with van der Waals surface area (Å²) in [7, 11) is 3.09. The number of rotatable bonds is 4. The molecule has 2 atom stereocenters. The monoisotopic (exact) mass is 304 g/mol. The predicted molar refractivity (Wildman–Crippen MR) is 98.2 cm³/mol. The van der Waals surface area contributed by atoms with Crippen molar-refractivity contribution in [3.05, 3.63) is 108 Å². The van der Waals surface area contributed by atoms with Crippen molar-refractivity contribution in [2.24, 2.45) is 0 Å². The Morgan fingerprint density at radius 1 is 0.636 bits per heavy atom. The van der Waals surface area contributed by atoms with E-state index in [4.69, 9.17) is 0 Å². The van der Waals surface area contributed by atoms with Crippen LogP contribution in [0.5, 0.6) is 0 Å². The molecule has 0 spiro atoms. The first-order valence-electron chi connectivity index (χ1n) is 7.64. The van der Waals surface area contributed by atoms with Crippen molar-refractivity contribution < 1.29 is 0 Å². The fraction of sp³-hybridized carbons (Fsp3) is 0.143. The third-order valence-corrected chi connectivity index (χ3v) is 4.93. The van der Waals surface area contributed by atoms with E-state index in [0.29, 0.717) is 5.92 Å². The maximum atomic E-state index is 3.09. The smallest absolute Gasteiger partial charge is 0.0218 e. The quantitative estimate of drug-likeness (QED) is 0.550. The summed E-state index contributed by atoms with van der Waals surface area (Å²) in [5.74, 6) is 0.294. The third kappa shape index (κ3) is 2.98. The SMILES string of the molecule is CC(P)(c1ccccc1)C(c1ccccc1)c1ccccc1. The van der Waals surface area contributed by atoms with E-state index in [1.165, 1.54) is 16.7 Å². The van der Waals surface area contributed by atoms with Crippen molar-refractivity contribution in [3.8, 4) is 0 Å². The zero-order valence-corrected chi connectivity index (χ0v) is 14.0. The molecule has 0 nitrogen and oxygen atoms in total. The Morgan fingerprint density at radius 3 is 1.41 bits per heavy atom. The highest BCUT2D eigenvalue weighted by Crippen LogP contribution is 2.47. The van der Waals surface area contributed by atoms with Gasteiger partial charge in [0.25, 0.3) is 0 Å². The summed E-state index contributed by atoms with van der Waals surface area (Å²) in [4.78, 5) is 0. The molecule has 0 heterocycles. The lowest BCUT2D eigenvalue weighted by atomic mass is 9.77. The van der Waals surface area contributed by atoms with Crippen LogP contribution in [0.2, 0.25) is 0 Å². The molecule has 0 aromatic heterocycles. The Morgan fingerprint density at radius 2 is 1.00 bits per heavy atom. The van der Waals surface area contributed by atoms with E-state index in [1.807, 2.05) is 0 Å². The van der Waals surface area contributed by atoms with E-state index in [9.17, 15) is 0 Å². The molecule has 0 radical (unpaired) electrons. The van der Waals surface area contributed by atoms with Gasteiger partial charge in [-0.05, 0) is 16.7 Å². The van der Waals surface area contributed by atoms with Crippen LogP contribution < -0.4 is 0 Å². The van der Waals surface area contributed by atoms with Gasteiger partial charge in [0.05, 0.1) is 0 Å². The molecule has 0 aliphatic heterocycles. The molecule has 0 N–H and O–H groups in total. The van der Waals surface area contributed by atoms with Crippen molar-refractivity contribution in [2.75, 3.05) is 0 Å². The van der Waals surface area contributed by atoms with Crippen LogP contribution in [-0.2, 0) is 5.16 Å². The lowest BCUT2D eigenvalue weighted by molar-refractivity contribution is 0.597. The maximum Gasteiger partial charge on any atom is 0.0218 e. The fourth-order valence-electron chi connectivity index (χ4n) is 3.14. The average Bonchev–Trinajstić information content (AvgIpc) is 2.58. The fourth-order valence-corrected chi connectivity index (χ4v) is 3.72. The second-order valence-corrected chi connectivity index (χ2v) is 7.10. The second kappa shape index (κ2) is 6.46. The largest absolute Gasteiger partial charge is 0.126 e. The summed E-state index contributed by atoms with van der Waals surface area (Å²) in [6.45, 7) is 2.30. The summed E-state index contributed by atoms with van der Waals surface area (Å²) in [5, 5.41) is -0.0655.